The SMILES string of the molecule is COC(=O)CSc1cc(OCCNC(=O)OC(C)(C)C)ccc1Cl. The molecule has 134 valence electrons. The number of carbonyl (C=O) groups is 2. The molecule has 0 aliphatic heterocycles. The van der Waals surface area contributed by atoms with Crippen LogP contribution in [0.3, 0.4) is 0 Å². The van der Waals surface area contributed by atoms with Crippen molar-refractivity contribution in [3.63, 3.8) is 0 Å². The van der Waals surface area contributed by atoms with Crippen LogP contribution in [0.5, 0.6) is 5.75 Å². The number of esters is 1. The fourth-order valence-corrected chi connectivity index (χ4v) is 2.59. The second kappa shape index (κ2) is 9.64. The predicted molar refractivity (Wildman–Crippen MR) is 93.9 cm³/mol. The van der Waals surface area contributed by atoms with E-state index in [-0.39, 0.29) is 18.3 Å². The smallest absolute Gasteiger partial charge is 0.407 e. The fraction of sp³-hybridized carbons (Fsp3) is 0.500. The summed E-state index contributed by atoms with van der Waals surface area (Å²) < 4.78 is 15.3. The quantitative estimate of drug-likeness (QED) is 0.446. The minimum absolute atomic E-state index is 0.167. The van der Waals surface area contributed by atoms with E-state index in [1.165, 1.54) is 18.9 Å². The van der Waals surface area contributed by atoms with E-state index in [0.717, 1.165) is 4.90 Å². The van der Waals surface area contributed by atoms with E-state index in [4.69, 9.17) is 21.1 Å². The molecule has 0 radical (unpaired) electrons. The average Bonchev–Trinajstić information content (AvgIpc) is 2.49. The molecule has 0 fully saturated rings. The molecule has 0 aromatic heterocycles. The highest BCUT2D eigenvalue weighted by Crippen LogP contribution is 2.30. The summed E-state index contributed by atoms with van der Waals surface area (Å²) in [6.45, 7) is 5.98. The molecule has 0 aliphatic carbocycles. The van der Waals surface area contributed by atoms with Gasteiger partial charge >= 0.3 is 12.1 Å². The molecule has 0 saturated heterocycles. The molecule has 0 spiro atoms. The lowest BCUT2D eigenvalue weighted by Gasteiger charge is -2.19. The number of alkyl carbamates (subject to hydrolysis) is 1. The maximum absolute atomic E-state index is 11.5. The Kier molecular flexibility index (Phi) is 8.21. The molecule has 8 heteroatoms. The summed E-state index contributed by atoms with van der Waals surface area (Å²) in [6.07, 6.45) is -0.489. The van der Waals surface area contributed by atoms with Crippen LogP contribution in [0.15, 0.2) is 23.1 Å². The summed E-state index contributed by atoms with van der Waals surface area (Å²) in [7, 11) is 1.34. The van der Waals surface area contributed by atoms with Gasteiger partial charge in [-0.05, 0) is 39.0 Å². The van der Waals surface area contributed by atoms with Crippen molar-refractivity contribution in [2.24, 2.45) is 0 Å². The molecule has 0 bridgehead atoms. The van der Waals surface area contributed by atoms with Crippen LogP contribution < -0.4 is 10.1 Å². The maximum atomic E-state index is 11.5. The summed E-state index contributed by atoms with van der Waals surface area (Å²) in [5.41, 5.74) is -0.535. The molecule has 24 heavy (non-hydrogen) atoms. The van der Waals surface area contributed by atoms with Crippen LogP contribution in [0.25, 0.3) is 0 Å². The van der Waals surface area contributed by atoms with Crippen molar-refractivity contribution in [2.45, 2.75) is 31.3 Å². The number of carbonyl (C=O) groups excluding carboxylic acids is 2. The number of hydrogen-bond acceptors (Lipinski definition) is 6. The molecular formula is C16H22ClNO5S. The molecule has 0 unspecified atom stereocenters. The van der Waals surface area contributed by atoms with E-state index in [2.05, 4.69) is 10.1 Å². The van der Waals surface area contributed by atoms with E-state index < -0.39 is 11.7 Å². The van der Waals surface area contributed by atoms with E-state index >= 15 is 0 Å². The number of hydrogen-bond donors (Lipinski definition) is 1. The zero-order valence-electron chi connectivity index (χ0n) is 14.2. The lowest BCUT2D eigenvalue weighted by atomic mass is 10.2. The van der Waals surface area contributed by atoms with Crippen molar-refractivity contribution in [3.05, 3.63) is 23.2 Å². The summed E-state index contributed by atoms with van der Waals surface area (Å²) in [4.78, 5) is 23.4. The van der Waals surface area contributed by atoms with Gasteiger partial charge in [-0.25, -0.2) is 4.79 Å². The topological polar surface area (TPSA) is 73.9 Å². The minimum atomic E-state index is -0.535. The van der Waals surface area contributed by atoms with Gasteiger partial charge in [0, 0.05) is 4.90 Å². The monoisotopic (exact) mass is 375 g/mol. The van der Waals surface area contributed by atoms with Crippen molar-refractivity contribution in [2.75, 3.05) is 26.0 Å². The minimum Gasteiger partial charge on any atom is -0.492 e. The first-order chi connectivity index (χ1) is 11.2. The molecule has 1 aromatic rings. The Morgan fingerprint density at radius 3 is 2.62 bits per heavy atom. The third-order valence-corrected chi connectivity index (χ3v) is 3.99. The van der Waals surface area contributed by atoms with Crippen molar-refractivity contribution in [1.29, 1.82) is 0 Å². The second-order valence-electron chi connectivity index (χ2n) is 5.73. The fourth-order valence-electron chi connectivity index (χ4n) is 1.52. The van der Waals surface area contributed by atoms with E-state index in [0.29, 0.717) is 17.3 Å². The molecule has 1 rings (SSSR count). The van der Waals surface area contributed by atoms with Gasteiger partial charge in [0.15, 0.2) is 0 Å². The number of halogens is 1. The van der Waals surface area contributed by atoms with Gasteiger partial charge in [0.25, 0.3) is 0 Å². The third kappa shape index (κ3) is 8.31. The molecule has 1 amide bonds. The van der Waals surface area contributed by atoms with Crippen LogP contribution in [0.1, 0.15) is 20.8 Å². The molecule has 0 heterocycles. The summed E-state index contributed by atoms with van der Waals surface area (Å²) in [5.74, 6) is 0.432. The molecule has 0 aliphatic rings. The molecule has 0 atom stereocenters. The Bertz CT molecular complexity index is 574. The van der Waals surface area contributed by atoms with E-state index in [1.54, 1.807) is 39.0 Å². The number of methoxy groups -OCH3 is 1. The van der Waals surface area contributed by atoms with Crippen LogP contribution >= 0.6 is 23.4 Å². The first-order valence-corrected chi connectivity index (χ1v) is 8.66. The number of ether oxygens (including phenoxy) is 3. The molecule has 6 nitrogen and oxygen atoms in total. The Hall–Kier alpha value is -1.60. The second-order valence-corrected chi connectivity index (χ2v) is 7.16. The highest BCUT2D eigenvalue weighted by atomic mass is 35.5. The van der Waals surface area contributed by atoms with Gasteiger partial charge in [-0.2, -0.15) is 0 Å². The number of thioether (sulfide) groups is 1. The van der Waals surface area contributed by atoms with Crippen molar-refractivity contribution in [1.82, 2.24) is 5.32 Å². The van der Waals surface area contributed by atoms with Gasteiger partial charge in [0.1, 0.15) is 18.0 Å². The summed E-state index contributed by atoms with van der Waals surface area (Å²) in [6, 6.07) is 5.15. The number of nitrogens with one attached hydrogen (secondary N) is 1. The van der Waals surface area contributed by atoms with Crippen LogP contribution in [0.2, 0.25) is 5.02 Å². The van der Waals surface area contributed by atoms with E-state index in [1.807, 2.05) is 0 Å². The third-order valence-electron chi connectivity index (χ3n) is 2.51. The highest BCUT2D eigenvalue weighted by molar-refractivity contribution is 8.00. The van der Waals surface area contributed by atoms with Crippen LogP contribution in [0.4, 0.5) is 4.79 Å². The maximum Gasteiger partial charge on any atom is 0.407 e. The van der Waals surface area contributed by atoms with Gasteiger partial charge in [-0.15, -0.1) is 11.8 Å². The van der Waals surface area contributed by atoms with Crippen molar-refractivity contribution < 1.29 is 23.8 Å². The summed E-state index contributed by atoms with van der Waals surface area (Å²) >= 11 is 7.35. The van der Waals surface area contributed by atoms with Gasteiger partial charge in [0.2, 0.25) is 0 Å². The Morgan fingerprint density at radius 1 is 1.29 bits per heavy atom. The first kappa shape index (κ1) is 20.4. The predicted octanol–water partition coefficient (Wildman–Crippen LogP) is 3.51. The average molecular weight is 376 g/mol. The van der Waals surface area contributed by atoms with Crippen molar-refractivity contribution >= 4 is 35.4 Å². The summed E-state index contributed by atoms with van der Waals surface area (Å²) in [5, 5.41) is 3.14. The molecular weight excluding hydrogens is 354 g/mol. The van der Waals surface area contributed by atoms with Gasteiger partial charge in [-0.3, -0.25) is 4.79 Å². The molecule has 1 aromatic carbocycles. The van der Waals surface area contributed by atoms with Gasteiger partial charge < -0.3 is 19.5 Å². The van der Waals surface area contributed by atoms with Crippen LogP contribution in [-0.4, -0.2) is 43.7 Å². The Labute approximate surface area is 151 Å². The van der Waals surface area contributed by atoms with Gasteiger partial charge in [-0.1, -0.05) is 11.6 Å². The number of benzene rings is 1. The van der Waals surface area contributed by atoms with Crippen molar-refractivity contribution in [3.8, 4) is 5.75 Å². The highest BCUT2D eigenvalue weighted by Gasteiger charge is 2.15. The lowest BCUT2D eigenvalue weighted by Crippen LogP contribution is -2.34. The molecule has 0 saturated carbocycles. The Balaban J connectivity index is 2.43. The molecule has 1 N–H and O–H groups in total. The Morgan fingerprint density at radius 2 is 2.00 bits per heavy atom. The first-order valence-electron chi connectivity index (χ1n) is 7.30. The normalized spacial score (nSPS) is 10.9. The zero-order chi connectivity index (χ0) is 18.2. The van der Waals surface area contributed by atoms with E-state index in [9.17, 15) is 9.59 Å². The largest absolute Gasteiger partial charge is 0.492 e. The number of rotatable bonds is 7. The standard InChI is InChI=1S/C16H22ClNO5S/c1-16(2,3)23-15(20)18-7-8-22-11-5-6-12(17)13(9-11)24-10-14(19)21-4/h5-6,9H,7-8,10H2,1-4H3,(H,18,20). The van der Waals surface area contributed by atoms with Gasteiger partial charge in [0.05, 0.1) is 24.4 Å². The van der Waals surface area contributed by atoms with Crippen LogP contribution in [-0.2, 0) is 14.3 Å². The van der Waals surface area contributed by atoms with Crippen LogP contribution in [0, 0.1) is 0 Å². The lowest BCUT2D eigenvalue weighted by molar-refractivity contribution is -0.137. The zero-order valence-corrected chi connectivity index (χ0v) is 15.8. The number of amides is 1.